The number of anilines is 3. The summed E-state index contributed by atoms with van der Waals surface area (Å²) in [5, 5.41) is 18.4. The van der Waals surface area contributed by atoms with E-state index < -0.39 is 0 Å². The van der Waals surface area contributed by atoms with E-state index in [0.29, 0.717) is 17.2 Å². The fraction of sp³-hybridized carbons (Fsp3) is 0.0769. The van der Waals surface area contributed by atoms with Crippen LogP contribution in [0.5, 0.6) is 0 Å². The zero-order valence-corrected chi connectivity index (χ0v) is 19.1. The fourth-order valence-electron chi connectivity index (χ4n) is 3.54. The Morgan fingerprint density at radius 2 is 1.88 bits per heavy atom. The fourth-order valence-corrected chi connectivity index (χ4v) is 4.30. The number of nitrogens with one attached hydrogen (secondary N) is 2. The number of carbonyl (C=O) groups excluding carboxylic acids is 1. The first-order valence-electron chi connectivity index (χ1n) is 10.7. The molecule has 3 aromatic heterocycles. The number of aryl methyl sites for hydroxylation is 1. The molecule has 0 atom stereocenters. The van der Waals surface area contributed by atoms with Crippen LogP contribution < -0.4 is 10.6 Å². The number of rotatable bonds is 6. The van der Waals surface area contributed by atoms with Crippen molar-refractivity contribution >= 4 is 44.8 Å². The predicted octanol–water partition coefficient (Wildman–Crippen LogP) is 5.55. The van der Waals surface area contributed by atoms with Crippen molar-refractivity contribution in [1.29, 1.82) is 0 Å². The molecule has 5 rings (SSSR count). The van der Waals surface area contributed by atoms with E-state index in [4.69, 9.17) is 4.98 Å². The minimum atomic E-state index is -0.224. The Morgan fingerprint density at radius 3 is 2.65 bits per heavy atom. The number of benzene rings is 2. The summed E-state index contributed by atoms with van der Waals surface area (Å²) in [6.45, 7) is 1.83. The SMILES string of the molecule is Cc1ccc(CO)cc1NC(=O)c1ccc(Nc2nc(-c3ccccn3)c3ccsc3n2)cc1. The van der Waals surface area contributed by atoms with Crippen LogP contribution in [-0.2, 0) is 6.61 Å². The van der Waals surface area contributed by atoms with Crippen molar-refractivity contribution in [3.05, 3.63) is 95.0 Å². The summed E-state index contributed by atoms with van der Waals surface area (Å²) in [4.78, 5) is 27.4. The van der Waals surface area contributed by atoms with Crippen molar-refractivity contribution in [2.24, 2.45) is 0 Å². The van der Waals surface area contributed by atoms with E-state index >= 15 is 0 Å². The first kappa shape index (κ1) is 21.7. The minimum Gasteiger partial charge on any atom is -0.392 e. The van der Waals surface area contributed by atoms with Crippen molar-refractivity contribution in [2.45, 2.75) is 13.5 Å². The lowest BCUT2D eigenvalue weighted by atomic mass is 10.1. The number of aliphatic hydroxyl groups is 1. The van der Waals surface area contributed by atoms with Gasteiger partial charge >= 0.3 is 0 Å². The highest BCUT2D eigenvalue weighted by atomic mass is 32.1. The Kier molecular flexibility index (Phi) is 5.99. The van der Waals surface area contributed by atoms with Crippen molar-refractivity contribution in [3.63, 3.8) is 0 Å². The van der Waals surface area contributed by atoms with E-state index in [1.807, 2.05) is 60.8 Å². The van der Waals surface area contributed by atoms with Crippen molar-refractivity contribution in [2.75, 3.05) is 10.6 Å². The lowest BCUT2D eigenvalue weighted by Crippen LogP contribution is -2.13. The van der Waals surface area contributed by atoms with E-state index in [1.165, 1.54) is 0 Å². The van der Waals surface area contributed by atoms with E-state index in [0.717, 1.165) is 38.4 Å². The van der Waals surface area contributed by atoms with Gasteiger partial charge in [0.2, 0.25) is 5.95 Å². The molecule has 0 radical (unpaired) electrons. The summed E-state index contributed by atoms with van der Waals surface area (Å²) in [5.41, 5.74) is 5.18. The Bertz CT molecular complexity index is 1470. The average molecular weight is 468 g/mol. The van der Waals surface area contributed by atoms with Gasteiger partial charge in [0.15, 0.2) is 0 Å². The largest absolute Gasteiger partial charge is 0.392 e. The summed E-state index contributed by atoms with van der Waals surface area (Å²) >= 11 is 1.54. The van der Waals surface area contributed by atoms with Crippen LogP contribution in [0.2, 0.25) is 0 Å². The summed E-state index contributed by atoms with van der Waals surface area (Å²) in [5.74, 6) is 0.239. The molecule has 0 aliphatic rings. The highest BCUT2D eigenvalue weighted by Gasteiger charge is 2.13. The third-order valence-electron chi connectivity index (χ3n) is 5.37. The number of hydrogen-bond acceptors (Lipinski definition) is 7. The maximum absolute atomic E-state index is 12.7. The molecule has 7 nitrogen and oxygen atoms in total. The number of nitrogens with zero attached hydrogens (tertiary/aromatic N) is 3. The summed E-state index contributed by atoms with van der Waals surface area (Å²) in [6, 6.07) is 20.3. The van der Waals surface area contributed by atoms with Gasteiger partial charge in [-0.1, -0.05) is 18.2 Å². The van der Waals surface area contributed by atoms with Gasteiger partial charge in [-0.25, -0.2) is 9.97 Å². The number of pyridine rings is 1. The Balaban J connectivity index is 1.36. The van der Waals surface area contributed by atoms with Crippen LogP contribution in [0, 0.1) is 6.92 Å². The lowest BCUT2D eigenvalue weighted by Gasteiger charge is -2.11. The maximum Gasteiger partial charge on any atom is 0.255 e. The standard InChI is InChI=1S/C26H21N5O2S/c1-16-5-6-17(15-32)14-22(16)29-24(33)18-7-9-19(10-8-18)28-26-30-23(21-4-2-3-12-27-21)20-11-13-34-25(20)31-26/h2-14,32H,15H2,1H3,(H,29,33)(H,28,30,31). The molecule has 0 spiro atoms. The van der Waals surface area contributed by atoms with Crippen molar-refractivity contribution in [3.8, 4) is 11.4 Å². The lowest BCUT2D eigenvalue weighted by molar-refractivity contribution is 0.102. The zero-order chi connectivity index (χ0) is 23.5. The van der Waals surface area contributed by atoms with Crippen LogP contribution in [-0.4, -0.2) is 26.0 Å². The van der Waals surface area contributed by atoms with Gasteiger partial charge in [0.25, 0.3) is 5.91 Å². The van der Waals surface area contributed by atoms with Crippen LogP contribution >= 0.6 is 11.3 Å². The highest BCUT2D eigenvalue weighted by molar-refractivity contribution is 7.16. The topological polar surface area (TPSA) is 100 Å². The number of aromatic nitrogens is 3. The first-order valence-corrected chi connectivity index (χ1v) is 11.5. The van der Waals surface area contributed by atoms with Gasteiger partial charge in [0, 0.05) is 28.5 Å². The van der Waals surface area contributed by atoms with E-state index in [1.54, 1.807) is 35.7 Å². The van der Waals surface area contributed by atoms with Gasteiger partial charge in [-0.2, -0.15) is 0 Å². The number of hydrogen-bond donors (Lipinski definition) is 3. The molecule has 0 aliphatic carbocycles. The molecular weight excluding hydrogens is 446 g/mol. The molecule has 2 aromatic carbocycles. The summed E-state index contributed by atoms with van der Waals surface area (Å²) < 4.78 is 0. The second kappa shape index (κ2) is 9.38. The van der Waals surface area contributed by atoms with Crippen molar-refractivity contribution < 1.29 is 9.90 Å². The monoisotopic (exact) mass is 467 g/mol. The van der Waals surface area contributed by atoms with Gasteiger partial charge in [-0.05, 0) is 72.0 Å². The Labute approximate surface area is 200 Å². The van der Waals surface area contributed by atoms with Crippen molar-refractivity contribution in [1.82, 2.24) is 15.0 Å². The molecule has 1 amide bonds. The molecule has 0 bridgehead atoms. The van der Waals surface area contributed by atoms with Crippen LogP contribution in [0.15, 0.2) is 78.3 Å². The van der Waals surface area contributed by atoms with Gasteiger partial charge in [-0.15, -0.1) is 11.3 Å². The molecule has 0 saturated carbocycles. The minimum absolute atomic E-state index is 0.0785. The molecule has 34 heavy (non-hydrogen) atoms. The average Bonchev–Trinajstić information content (AvgIpc) is 3.34. The summed E-state index contributed by atoms with van der Waals surface area (Å²) in [7, 11) is 0. The molecule has 168 valence electrons. The normalized spacial score (nSPS) is 10.9. The van der Waals surface area contributed by atoms with Gasteiger partial charge in [-0.3, -0.25) is 9.78 Å². The summed E-state index contributed by atoms with van der Waals surface area (Å²) in [6.07, 6.45) is 1.74. The molecule has 0 saturated heterocycles. The molecule has 5 aromatic rings. The van der Waals surface area contributed by atoms with Crippen LogP contribution in [0.1, 0.15) is 21.5 Å². The molecule has 0 aliphatic heterocycles. The molecule has 3 heterocycles. The Morgan fingerprint density at radius 1 is 1.03 bits per heavy atom. The number of fused-ring (bicyclic) bond motifs is 1. The molecule has 0 fully saturated rings. The Hall–Kier alpha value is -4.14. The number of amides is 1. The maximum atomic E-state index is 12.7. The second-order valence-corrected chi connectivity index (χ2v) is 8.61. The third kappa shape index (κ3) is 4.50. The van der Waals surface area contributed by atoms with Crippen LogP contribution in [0.25, 0.3) is 21.6 Å². The quantitative estimate of drug-likeness (QED) is 0.303. The van der Waals surface area contributed by atoms with Gasteiger partial charge in [0.1, 0.15) is 10.5 Å². The predicted molar refractivity (Wildman–Crippen MR) is 135 cm³/mol. The van der Waals surface area contributed by atoms with Crippen LogP contribution in [0.4, 0.5) is 17.3 Å². The van der Waals surface area contributed by atoms with Crippen LogP contribution in [0.3, 0.4) is 0 Å². The smallest absolute Gasteiger partial charge is 0.255 e. The van der Waals surface area contributed by atoms with Gasteiger partial charge in [0.05, 0.1) is 12.3 Å². The number of thiophene rings is 1. The second-order valence-electron chi connectivity index (χ2n) is 7.71. The van der Waals surface area contributed by atoms with E-state index in [9.17, 15) is 9.90 Å². The van der Waals surface area contributed by atoms with E-state index in [2.05, 4.69) is 20.6 Å². The molecular formula is C26H21N5O2S. The number of carbonyl (C=O) groups is 1. The molecule has 0 unspecified atom stereocenters. The highest BCUT2D eigenvalue weighted by Crippen LogP contribution is 2.30. The van der Waals surface area contributed by atoms with Gasteiger partial charge < -0.3 is 15.7 Å². The number of aliphatic hydroxyl groups excluding tert-OH is 1. The first-order chi connectivity index (χ1) is 16.6. The molecule has 8 heteroatoms. The third-order valence-corrected chi connectivity index (χ3v) is 6.18. The zero-order valence-electron chi connectivity index (χ0n) is 18.3. The van der Waals surface area contributed by atoms with E-state index in [-0.39, 0.29) is 12.5 Å². The molecule has 3 N–H and O–H groups in total.